The molecule has 0 aliphatic carbocycles. The van der Waals surface area contributed by atoms with Crippen LogP contribution in [0.5, 0.6) is 0 Å². The molecule has 0 spiro atoms. The Bertz CT molecular complexity index is 279. The second-order valence-corrected chi connectivity index (χ2v) is 3.24. The molecule has 0 amide bonds. The highest BCUT2D eigenvalue weighted by Gasteiger charge is 2.24. The number of rotatable bonds is 1. The minimum Gasteiger partial charge on any atom is -0.368 e. The second kappa shape index (κ2) is 2.50. The average Bonchev–Trinajstić information content (AvgIpc) is 2.77. The summed E-state index contributed by atoms with van der Waals surface area (Å²) in [4.78, 5) is 0. The quantitative estimate of drug-likeness (QED) is 0.588. The molecule has 1 aliphatic heterocycles. The molecule has 11 heavy (non-hydrogen) atoms. The number of epoxide rings is 1. The molecule has 0 aromatic heterocycles. The lowest BCUT2D eigenvalue weighted by Gasteiger charge is -1.99. The van der Waals surface area contributed by atoms with Crippen molar-refractivity contribution >= 4 is 11.6 Å². The predicted octanol–water partition coefficient (Wildman–Crippen LogP) is 2.72. The van der Waals surface area contributed by atoms with E-state index in [0.717, 1.165) is 17.2 Å². The largest absolute Gasteiger partial charge is 0.368 e. The Hall–Kier alpha value is -0.530. The van der Waals surface area contributed by atoms with E-state index in [1.807, 2.05) is 19.1 Å². The lowest BCUT2D eigenvalue weighted by molar-refractivity contribution is 0.415. The Kier molecular flexibility index (Phi) is 1.63. The van der Waals surface area contributed by atoms with Gasteiger partial charge in [-0.05, 0) is 24.1 Å². The van der Waals surface area contributed by atoms with Gasteiger partial charge < -0.3 is 4.74 Å². The number of ether oxygens (including phenoxy) is 1. The number of hydrogen-bond donors (Lipinski definition) is 0. The van der Waals surface area contributed by atoms with Crippen molar-refractivity contribution in [2.24, 2.45) is 0 Å². The monoisotopic (exact) mass is 168 g/mol. The molecular formula is C9H9ClO. The maximum atomic E-state index is 5.86. The fraction of sp³-hybridized carbons (Fsp3) is 0.333. The highest BCUT2D eigenvalue weighted by atomic mass is 35.5. The Morgan fingerprint density at radius 2 is 2.27 bits per heavy atom. The van der Waals surface area contributed by atoms with Crippen molar-refractivity contribution in [3.63, 3.8) is 0 Å². The first-order valence-corrected chi connectivity index (χ1v) is 4.03. The van der Waals surface area contributed by atoms with Crippen LogP contribution in [0.25, 0.3) is 0 Å². The molecule has 1 atom stereocenters. The minimum atomic E-state index is 0.339. The van der Waals surface area contributed by atoms with Crippen LogP contribution in [0.2, 0.25) is 5.02 Å². The highest BCUT2D eigenvalue weighted by Crippen LogP contribution is 2.31. The molecular weight excluding hydrogens is 160 g/mol. The summed E-state index contributed by atoms with van der Waals surface area (Å²) in [6.07, 6.45) is 0.339. The maximum Gasteiger partial charge on any atom is 0.106 e. The summed E-state index contributed by atoms with van der Waals surface area (Å²) in [5.74, 6) is 0. The molecule has 2 rings (SSSR count). The molecule has 1 aromatic carbocycles. The fourth-order valence-electron chi connectivity index (χ4n) is 1.11. The summed E-state index contributed by atoms with van der Waals surface area (Å²) in [7, 11) is 0. The molecule has 1 saturated heterocycles. The van der Waals surface area contributed by atoms with E-state index in [1.165, 1.54) is 5.56 Å². The van der Waals surface area contributed by atoms with E-state index >= 15 is 0 Å². The first-order chi connectivity index (χ1) is 5.27. The number of hydrogen-bond acceptors (Lipinski definition) is 1. The van der Waals surface area contributed by atoms with Crippen molar-refractivity contribution in [2.75, 3.05) is 6.61 Å². The van der Waals surface area contributed by atoms with Gasteiger partial charge in [0.1, 0.15) is 6.10 Å². The maximum absolute atomic E-state index is 5.86. The SMILES string of the molecule is Cc1cc([C@@H]2CO2)ccc1Cl. The third-order valence-corrected chi connectivity index (χ3v) is 2.31. The van der Waals surface area contributed by atoms with Gasteiger partial charge in [-0.1, -0.05) is 23.7 Å². The van der Waals surface area contributed by atoms with E-state index in [4.69, 9.17) is 16.3 Å². The molecule has 0 bridgehead atoms. The van der Waals surface area contributed by atoms with Crippen molar-refractivity contribution in [3.05, 3.63) is 34.3 Å². The van der Waals surface area contributed by atoms with Gasteiger partial charge in [0.15, 0.2) is 0 Å². The van der Waals surface area contributed by atoms with Crippen LogP contribution in [0.4, 0.5) is 0 Å². The number of halogens is 1. The van der Waals surface area contributed by atoms with Crippen LogP contribution in [-0.2, 0) is 4.74 Å². The van der Waals surface area contributed by atoms with Crippen LogP contribution in [-0.4, -0.2) is 6.61 Å². The molecule has 0 radical (unpaired) electrons. The molecule has 1 heterocycles. The van der Waals surface area contributed by atoms with Gasteiger partial charge in [-0.15, -0.1) is 0 Å². The van der Waals surface area contributed by atoms with Crippen molar-refractivity contribution < 1.29 is 4.74 Å². The topological polar surface area (TPSA) is 12.5 Å². The van der Waals surface area contributed by atoms with Crippen molar-refractivity contribution in [1.29, 1.82) is 0 Å². The van der Waals surface area contributed by atoms with Gasteiger partial charge in [-0.2, -0.15) is 0 Å². The van der Waals surface area contributed by atoms with Gasteiger partial charge in [-0.3, -0.25) is 0 Å². The molecule has 0 unspecified atom stereocenters. The third kappa shape index (κ3) is 1.39. The van der Waals surface area contributed by atoms with Gasteiger partial charge >= 0.3 is 0 Å². The zero-order chi connectivity index (χ0) is 7.84. The molecule has 1 fully saturated rings. The smallest absolute Gasteiger partial charge is 0.106 e. The molecule has 1 aliphatic rings. The van der Waals surface area contributed by atoms with Gasteiger partial charge in [0, 0.05) is 5.02 Å². The summed E-state index contributed by atoms with van der Waals surface area (Å²) in [5, 5.41) is 0.828. The third-order valence-electron chi connectivity index (χ3n) is 1.89. The van der Waals surface area contributed by atoms with E-state index < -0.39 is 0 Å². The number of aryl methyl sites for hydroxylation is 1. The fourth-order valence-corrected chi connectivity index (χ4v) is 1.23. The Morgan fingerprint density at radius 1 is 1.55 bits per heavy atom. The first-order valence-electron chi connectivity index (χ1n) is 3.65. The predicted molar refractivity (Wildman–Crippen MR) is 44.9 cm³/mol. The molecule has 1 nitrogen and oxygen atoms in total. The van der Waals surface area contributed by atoms with Gasteiger partial charge in [0.2, 0.25) is 0 Å². The van der Waals surface area contributed by atoms with Crippen LogP contribution in [0.1, 0.15) is 17.2 Å². The standard InChI is InChI=1S/C9H9ClO/c1-6-4-7(9-5-11-9)2-3-8(6)10/h2-4,9H,5H2,1H3/t9-/m0/s1. The Morgan fingerprint density at radius 3 is 2.82 bits per heavy atom. The van der Waals surface area contributed by atoms with E-state index in [0.29, 0.717) is 6.10 Å². The van der Waals surface area contributed by atoms with E-state index in [1.54, 1.807) is 0 Å². The summed E-state index contributed by atoms with van der Waals surface area (Å²) in [5.41, 5.74) is 2.37. The molecule has 0 N–H and O–H groups in total. The second-order valence-electron chi connectivity index (χ2n) is 2.83. The summed E-state index contributed by atoms with van der Waals surface area (Å²) < 4.78 is 5.15. The van der Waals surface area contributed by atoms with E-state index in [2.05, 4.69) is 6.07 Å². The van der Waals surface area contributed by atoms with Crippen LogP contribution in [0.3, 0.4) is 0 Å². The molecule has 58 valence electrons. The van der Waals surface area contributed by atoms with Gasteiger partial charge in [0.05, 0.1) is 6.61 Å². The Balaban J connectivity index is 2.36. The molecule has 0 saturated carbocycles. The Labute approximate surface area is 70.9 Å². The van der Waals surface area contributed by atoms with Gasteiger partial charge in [-0.25, -0.2) is 0 Å². The number of benzene rings is 1. The lowest BCUT2D eigenvalue weighted by atomic mass is 10.1. The van der Waals surface area contributed by atoms with Crippen LogP contribution < -0.4 is 0 Å². The molecule has 1 aromatic rings. The van der Waals surface area contributed by atoms with Crippen LogP contribution >= 0.6 is 11.6 Å². The highest BCUT2D eigenvalue weighted by molar-refractivity contribution is 6.31. The van der Waals surface area contributed by atoms with Crippen molar-refractivity contribution in [3.8, 4) is 0 Å². The first kappa shape index (κ1) is 7.14. The van der Waals surface area contributed by atoms with E-state index in [-0.39, 0.29) is 0 Å². The zero-order valence-corrected chi connectivity index (χ0v) is 7.06. The van der Waals surface area contributed by atoms with Gasteiger partial charge in [0.25, 0.3) is 0 Å². The zero-order valence-electron chi connectivity index (χ0n) is 6.30. The van der Waals surface area contributed by atoms with Crippen molar-refractivity contribution in [1.82, 2.24) is 0 Å². The average molecular weight is 169 g/mol. The van der Waals surface area contributed by atoms with Crippen LogP contribution in [0.15, 0.2) is 18.2 Å². The van der Waals surface area contributed by atoms with Crippen LogP contribution in [0, 0.1) is 6.92 Å². The molecule has 2 heteroatoms. The summed E-state index contributed by atoms with van der Waals surface area (Å²) in [6, 6.07) is 6.03. The summed E-state index contributed by atoms with van der Waals surface area (Å²) in [6.45, 7) is 2.87. The summed E-state index contributed by atoms with van der Waals surface area (Å²) >= 11 is 5.86. The van der Waals surface area contributed by atoms with E-state index in [9.17, 15) is 0 Å². The minimum absolute atomic E-state index is 0.339. The lowest BCUT2D eigenvalue weighted by Crippen LogP contribution is -1.82. The normalized spacial score (nSPS) is 21.8. The van der Waals surface area contributed by atoms with Crippen molar-refractivity contribution in [2.45, 2.75) is 13.0 Å².